The summed E-state index contributed by atoms with van der Waals surface area (Å²) in [5.41, 5.74) is 3.16. The Bertz CT molecular complexity index is 922. The van der Waals surface area contributed by atoms with Crippen LogP contribution in [0, 0.1) is 5.92 Å². The minimum atomic E-state index is -0.211. The lowest BCUT2D eigenvalue weighted by molar-refractivity contribution is -0.122. The van der Waals surface area contributed by atoms with E-state index in [1.807, 2.05) is 74.0 Å². The number of halogens is 1. The van der Waals surface area contributed by atoms with E-state index in [0.29, 0.717) is 5.02 Å². The molecule has 2 aromatic carbocycles. The summed E-state index contributed by atoms with van der Waals surface area (Å²) in [6, 6.07) is 17.4. The van der Waals surface area contributed by atoms with Gasteiger partial charge in [-0.05, 0) is 41.2 Å². The zero-order valence-corrected chi connectivity index (χ0v) is 15.2. The number of hydrogen-bond donors (Lipinski definition) is 1. The Labute approximate surface area is 157 Å². The molecule has 132 valence electrons. The van der Waals surface area contributed by atoms with Crippen LogP contribution in [0.5, 0.6) is 0 Å². The van der Waals surface area contributed by atoms with E-state index in [1.165, 1.54) is 0 Å². The van der Waals surface area contributed by atoms with Gasteiger partial charge in [-0.25, -0.2) is 0 Å². The van der Waals surface area contributed by atoms with Gasteiger partial charge in [0.15, 0.2) is 0 Å². The van der Waals surface area contributed by atoms with Gasteiger partial charge in [-0.3, -0.25) is 9.48 Å². The minimum absolute atomic E-state index is 0.00426. The highest BCUT2D eigenvalue weighted by atomic mass is 35.5. The van der Waals surface area contributed by atoms with Crippen LogP contribution in [0.25, 0.3) is 0 Å². The van der Waals surface area contributed by atoms with E-state index >= 15 is 0 Å². The van der Waals surface area contributed by atoms with Crippen LogP contribution in [0.15, 0.2) is 67.0 Å². The third-order valence-electron chi connectivity index (χ3n) is 4.88. The second-order valence-electron chi connectivity index (χ2n) is 6.80. The summed E-state index contributed by atoms with van der Waals surface area (Å²) in [5, 5.41) is 8.09. The van der Waals surface area contributed by atoms with Crippen molar-refractivity contribution in [3.63, 3.8) is 0 Å². The summed E-state index contributed by atoms with van der Waals surface area (Å²) < 4.78 is 1.78. The lowest BCUT2D eigenvalue weighted by atomic mass is 9.98. The highest BCUT2D eigenvalue weighted by Crippen LogP contribution is 2.47. The fourth-order valence-corrected chi connectivity index (χ4v) is 3.62. The van der Waals surface area contributed by atoms with Crippen LogP contribution in [-0.2, 0) is 11.8 Å². The highest BCUT2D eigenvalue weighted by Gasteiger charge is 2.45. The van der Waals surface area contributed by atoms with Crippen molar-refractivity contribution in [1.82, 2.24) is 15.1 Å². The molecule has 3 unspecified atom stereocenters. The molecule has 0 spiro atoms. The van der Waals surface area contributed by atoms with Crippen LogP contribution in [-0.4, -0.2) is 15.7 Å². The zero-order valence-electron chi connectivity index (χ0n) is 14.5. The van der Waals surface area contributed by atoms with E-state index in [1.54, 1.807) is 4.68 Å². The fourth-order valence-electron chi connectivity index (χ4n) is 3.42. The smallest absolute Gasteiger partial charge is 0.224 e. The molecule has 1 aliphatic rings. The number of benzene rings is 2. The molecule has 0 saturated heterocycles. The van der Waals surface area contributed by atoms with Crippen molar-refractivity contribution in [1.29, 1.82) is 0 Å². The first-order valence-electron chi connectivity index (χ1n) is 8.71. The van der Waals surface area contributed by atoms with Crippen LogP contribution in [0.3, 0.4) is 0 Å². The van der Waals surface area contributed by atoms with Gasteiger partial charge in [-0.15, -0.1) is 0 Å². The van der Waals surface area contributed by atoms with Crippen molar-refractivity contribution in [2.45, 2.75) is 18.4 Å². The Morgan fingerprint density at radius 2 is 1.96 bits per heavy atom. The van der Waals surface area contributed by atoms with E-state index in [4.69, 9.17) is 11.6 Å². The van der Waals surface area contributed by atoms with E-state index < -0.39 is 0 Å². The van der Waals surface area contributed by atoms with Gasteiger partial charge < -0.3 is 5.32 Å². The third kappa shape index (κ3) is 3.51. The first-order valence-corrected chi connectivity index (χ1v) is 9.09. The average molecular weight is 366 g/mol. The van der Waals surface area contributed by atoms with Gasteiger partial charge >= 0.3 is 0 Å². The molecule has 5 heteroatoms. The van der Waals surface area contributed by atoms with Crippen molar-refractivity contribution in [2.24, 2.45) is 13.0 Å². The van der Waals surface area contributed by atoms with Gasteiger partial charge in [0.25, 0.3) is 0 Å². The molecule has 1 N–H and O–H groups in total. The molecule has 26 heavy (non-hydrogen) atoms. The average Bonchev–Trinajstić information content (AvgIpc) is 3.34. The van der Waals surface area contributed by atoms with E-state index in [0.717, 1.165) is 23.1 Å². The standard InChI is InChI=1S/C21H20ClN3O/c1-25-13-16(12-23-25)18-11-19(18)21(26)24-20(14-6-3-2-4-7-14)15-8-5-9-17(22)10-15/h2-10,12-13,18-20H,11H2,1H3,(H,24,26). The minimum Gasteiger partial charge on any atom is -0.345 e. The molecule has 3 aromatic rings. The molecule has 1 fully saturated rings. The zero-order chi connectivity index (χ0) is 18.1. The second kappa shape index (κ2) is 6.96. The lowest BCUT2D eigenvalue weighted by Gasteiger charge is -2.20. The first-order chi connectivity index (χ1) is 12.6. The summed E-state index contributed by atoms with van der Waals surface area (Å²) >= 11 is 6.17. The van der Waals surface area contributed by atoms with Gasteiger partial charge in [0.2, 0.25) is 5.91 Å². The number of carbonyl (C=O) groups excluding carboxylic acids is 1. The molecule has 1 amide bonds. The number of carbonyl (C=O) groups is 1. The Kier molecular flexibility index (Phi) is 4.51. The van der Waals surface area contributed by atoms with Gasteiger partial charge in [0.1, 0.15) is 0 Å². The van der Waals surface area contributed by atoms with Crippen molar-refractivity contribution in [2.75, 3.05) is 0 Å². The molecule has 4 nitrogen and oxygen atoms in total. The quantitative estimate of drug-likeness (QED) is 0.740. The number of amides is 1. The lowest BCUT2D eigenvalue weighted by Crippen LogP contribution is -2.30. The number of rotatable bonds is 5. The molecule has 0 radical (unpaired) electrons. The molecule has 4 rings (SSSR count). The molecular weight excluding hydrogens is 346 g/mol. The van der Waals surface area contributed by atoms with Gasteiger partial charge in [0, 0.05) is 24.2 Å². The summed E-state index contributed by atoms with van der Waals surface area (Å²) in [6.45, 7) is 0. The van der Waals surface area contributed by atoms with Crippen LogP contribution in [0.4, 0.5) is 0 Å². The Hall–Kier alpha value is -2.59. The molecule has 1 aromatic heterocycles. The van der Waals surface area contributed by atoms with Gasteiger partial charge in [-0.2, -0.15) is 5.10 Å². The van der Waals surface area contributed by atoms with Gasteiger partial charge in [-0.1, -0.05) is 54.1 Å². The Morgan fingerprint density at radius 3 is 2.65 bits per heavy atom. The van der Waals surface area contributed by atoms with Crippen LogP contribution >= 0.6 is 11.6 Å². The fraction of sp³-hybridized carbons (Fsp3) is 0.238. The normalized spacial score (nSPS) is 19.8. The van der Waals surface area contributed by atoms with E-state index in [2.05, 4.69) is 10.4 Å². The maximum atomic E-state index is 12.9. The second-order valence-corrected chi connectivity index (χ2v) is 7.24. The maximum Gasteiger partial charge on any atom is 0.224 e. The van der Waals surface area contributed by atoms with E-state index in [-0.39, 0.29) is 23.8 Å². The SMILES string of the molecule is Cn1cc(C2CC2C(=O)NC(c2ccccc2)c2cccc(Cl)c2)cn1. The number of hydrogen-bond acceptors (Lipinski definition) is 2. The van der Waals surface area contributed by atoms with Crippen molar-refractivity contribution in [3.8, 4) is 0 Å². The number of nitrogens with zero attached hydrogens (tertiary/aromatic N) is 2. The van der Waals surface area contributed by atoms with Crippen molar-refractivity contribution >= 4 is 17.5 Å². The first kappa shape index (κ1) is 16.9. The monoisotopic (exact) mass is 365 g/mol. The molecule has 0 bridgehead atoms. The molecular formula is C21H20ClN3O. The molecule has 1 aliphatic carbocycles. The summed E-state index contributed by atoms with van der Waals surface area (Å²) in [7, 11) is 1.89. The van der Waals surface area contributed by atoms with Crippen LogP contribution < -0.4 is 5.32 Å². The third-order valence-corrected chi connectivity index (χ3v) is 5.12. The summed E-state index contributed by atoms with van der Waals surface area (Å²) in [6.07, 6.45) is 4.71. The summed E-state index contributed by atoms with van der Waals surface area (Å²) in [4.78, 5) is 12.9. The topological polar surface area (TPSA) is 46.9 Å². The largest absolute Gasteiger partial charge is 0.345 e. The Morgan fingerprint density at radius 1 is 1.19 bits per heavy atom. The number of aromatic nitrogens is 2. The number of nitrogens with one attached hydrogen (secondary N) is 1. The molecule has 1 heterocycles. The molecule has 0 aliphatic heterocycles. The molecule has 3 atom stereocenters. The van der Waals surface area contributed by atoms with Crippen molar-refractivity contribution in [3.05, 3.63) is 88.7 Å². The van der Waals surface area contributed by atoms with Crippen LogP contribution in [0.2, 0.25) is 5.02 Å². The van der Waals surface area contributed by atoms with Crippen LogP contribution in [0.1, 0.15) is 35.1 Å². The highest BCUT2D eigenvalue weighted by molar-refractivity contribution is 6.30. The predicted molar refractivity (Wildman–Crippen MR) is 102 cm³/mol. The molecule has 1 saturated carbocycles. The predicted octanol–water partition coefficient (Wildman–Crippen LogP) is 4.08. The maximum absolute atomic E-state index is 12.9. The van der Waals surface area contributed by atoms with Gasteiger partial charge in [0.05, 0.1) is 12.2 Å². The van der Waals surface area contributed by atoms with E-state index in [9.17, 15) is 4.79 Å². The summed E-state index contributed by atoms with van der Waals surface area (Å²) in [5.74, 6) is 0.344. The number of aryl methyl sites for hydroxylation is 1. The van der Waals surface area contributed by atoms with Crippen molar-refractivity contribution < 1.29 is 4.79 Å². The Balaban J connectivity index is 1.55.